The van der Waals surface area contributed by atoms with Crippen LogP contribution in [0.2, 0.25) is 0 Å². The minimum absolute atomic E-state index is 0.224. The summed E-state index contributed by atoms with van der Waals surface area (Å²) in [6.07, 6.45) is 2.45. The van der Waals surface area contributed by atoms with Crippen molar-refractivity contribution >= 4 is 39.1 Å². The molecule has 0 radical (unpaired) electrons. The second kappa shape index (κ2) is 9.25. The molecule has 1 fully saturated rings. The maximum Gasteiger partial charge on any atom is 0.252 e. The first-order valence-electron chi connectivity index (χ1n) is 8.53. The van der Waals surface area contributed by atoms with E-state index in [1.54, 1.807) is 24.6 Å². The Kier molecular flexibility index (Phi) is 7.60. The smallest absolute Gasteiger partial charge is 0.252 e. The van der Waals surface area contributed by atoms with E-state index in [0.29, 0.717) is 17.3 Å². The van der Waals surface area contributed by atoms with Gasteiger partial charge in [-0.05, 0) is 43.9 Å². The second-order valence-electron chi connectivity index (χ2n) is 6.28. The summed E-state index contributed by atoms with van der Waals surface area (Å²) in [6.45, 7) is 6.73. The van der Waals surface area contributed by atoms with E-state index in [1.165, 1.54) is 34.2 Å². The fraction of sp³-hybridized carbons (Fsp3) is 0.688. The lowest BCUT2D eigenvalue weighted by molar-refractivity contribution is 0.471. The Morgan fingerprint density at radius 1 is 1.44 bits per heavy atom. The Balaban J connectivity index is 1.86. The number of nitrogens with one attached hydrogen (secondary N) is 2. The van der Waals surface area contributed by atoms with E-state index >= 15 is 0 Å². The number of sulfonamides is 1. The minimum atomic E-state index is -3.39. The van der Waals surface area contributed by atoms with Crippen LogP contribution >= 0.6 is 23.1 Å². The third kappa shape index (κ3) is 5.87. The summed E-state index contributed by atoms with van der Waals surface area (Å²) >= 11 is 3.23. The Bertz CT molecular complexity index is 653. The number of hydrogen-bond acceptors (Lipinski definition) is 5. The molecule has 0 aliphatic carbocycles. The van der Waals surface area contributed by atoms with Gasteiger partial charge in [-0.3, -0.25) is 4.99 Å². The summed E-state index contributed by atoms with van der Waals surface area (Å²) in [4.78, 5) is 4.68. The van der Waals surface area contributed by atoms with Crippen LogP contribution in [0.1, 0.15) is 26.7 Å². The molecular weight excluding hydrogens is 376 g/mol. The van der Waals surface area contributed by atoms with E-state index < -0.39 is 10.0 Å². The zero-order valence-electron chi connectivity index (χ0n) is 15.1. The fourth-order valence-electron chi connectivity index (χ4n) is 2.57. The first-order valence-corrected chi connectivity index (χ1v) is 11.8. The first kappa shape index (κ1) is 20.5. The minimum Gasteiger partial charge on any atom is -0.357 e. The molecule has 1 aromatic rings. The average molecular weight is 405 g/mol. The number of nitrogens with zero attached hydrogens (tertiary/aromatic N) is 2. The molecule has 0 saturated carbocycles. The van der Waals surface area contributed by atoms with Crippen molar-refractivity contribution in [3.8, 4) is 0 Å². The molecule has 0 aromatic carbocycles. The summed E-state index contributed by atoms with van der Waals surface area (Å²) in [6, 6.07) is 3.39. The van der Waals surface area contributed by atoms with Crippen LogP contribution in [0.4, 0.5) is 0 Å². The van der Waals surface area contributed by atoms with Gasteiger partial charge in [0.05, 0.1) is 6.54 Å². The van der Waals surface area contributed by atoms with Gasteiger partial charge in [0.1, 0.15) is 4.21 Å². The number of guanidine groups is 1. The van der Waals surface area contributed by atoms with Gasteiger partial charge in [-0.15, -0.1) is 11.3 Å². The van der Waals surface area contributed by atoms with Crippen molar-refractivity contribution < 1.29 is 8.42 Å². The van der Waals surface area contributed by atoms with Gasteiger partial charge in [0, 0.05) is 31.4 Å². The first-order chi connectivity index (χ1) is 11.9. The molecule has 1 aromatic heterocycles. The summed E-state index contributed by atoms with van der Waals surface area (Å²) in [7, 11) is -1.78. The van der Waals surface area contributed by atoms with Gasteiger partial charge in [-0.25, -0.2) is 8.42 Å². The van der Waals surface area contributed by atoms with Gasteiger partial charge in [0.25, 0.3) is 10.0 Å². The van der Waals surface area contributed by atoms with Crippen LogP contribution in [0.3, 0.4) is 0 Å². The molecule has 1 aliphatic heterocycles. The molecule has 1 saturated heterocycles. The van der Waals surface area contributed by atoms with Gasteiger partial charge in [-0.1, -0.05) is 6.07 Å². The number of rotatable bonds is 8. The third-order valence-electron chi connectivity index (χ3n) is 4.10. The van der Waals surface area contributed by atoms with Crippen molar-refractivity contribution in [1.82, 2.24) is 14.9 Å². The van der Waals surface area contributed by atoms with Crippen LogP contribution < -0.4 is 10.6 Å². The molecule has 9 heteroatoms. The zero-order valence-corrected chi connectivity index (χ0v) is 17.6. The molecule has 6 nitrogen and oxygen atoms in total. The molecule has 1 aliphatic rings. The van der Waals surface area contributed by atoms with E-state index in [9.17, 15) is 8.42 Å². The molecule has 25 heavy (non-hydrogen) atoms. The monoisotopic (exact) mass is 404 g/mol. The number of hydrogen-bond donors (Lipinski definition) is 2. The van der Waals surface area contributed by atoms with Crippen molar-refractivity contribution in [3.63, 3.8) is 0 Å². The van der Waals surface area contributed by atoms with Crippen LogP contribution in [0.25, 0.3) is 0 Å². The average Bonchev–Trinajstić information content (AvgIpc) is 3.25. The standard InChI is InChI=1S/C16H28N4O2S3/c1-4-17-15(19-13-16(2)8-6-12-24-16)18-9-10-20(3)25(21,22)14-7-5-11-23-14/h5,7,11H,4,6,8-10,12-13H2,1-3H3,(H2,17,18,19). The van der Waals surface area contributed by atoms with Crippen LogP contribution in [0, 0.1) is 0 Å². The molecular formula is C16H28N4O2S3. The van der Waals surface area contributed by atoms with E-state index in [0.717, 1.165) is 19.0 Å². The quantitative estimate of drug-likeness (QED) is 0.513. The normalized spacial score (nSPS) is 21.7. The van der Waals surface area contributed by atoms with Gasteiger partial charge in [0.15, 0.2) is 5.96 Å². The topological polar surface area (TPSA) is 73.8 Å². The zero-order chi connectivity index (χ0) is 18.3. The lowest BCUT2D eigenvalue weighted by atomic mass is 10.1. The Morgan fingerprint density at radius 2 is 2.24 bits per heavy atom. The van der Waals surface area contributed by atoms with Crippen molar-refractivity contribution in [1.29, 1.82) is 0 Å². The molecule has 1 unspecified atom stereocenters. The highest BCUT2D eigenvalue weighted by molar-refractivity contribution is 8.00. The Morgan fingerprint density at radius 3 is 2.84 bits per heavy atom. The maximum absolute atomic E-state index is 12.4. The molecule has 1 atom stereocenters. The maximum atomic E-state index is 12.4. The van der Waals surface area contributed by atoms with Crippen LogP contribution in [-0.2, 0) is 10.0 Å². The van der Waals surface area contributed by atoms with Crippen LogP contribution in [0.5, 0.6) is 0 Å². The lowest BCUT2D eigenvalue weighted by Gasteiger charge is -2.21. The van der Waals surface area contributed by atoms with E-state index in [4.69, 9.17) is 0 Å². The molecule has 0 bridgehead atoms. The SMILES string of the molecule is CCNC(=NCC1(C)CCCS1)NCCN(C)S(=O)(=O)c1cccs1. The molecule has 0 amide bonds. The van der Waals surface area contributed by atoms with E-state index in [2.05, 4.69) is 22.5 Å². The molecule has 2 N–H and O–H groups in total. The number of thioether (sulfide) groups is 1. The summed E-state index contributed by atoms with van der Waals surface area (Å²) in [5, 5.41) is 8.24. The molecule has 2 heterocycles. The van der Waals surface area contributed by atoms with E-state index in [-0.39, 0.29) is 4.75 Å². The van der Waals surface area contributed by atoms with Crippen LogP contribution in [0.15, 0.2) is 26.7 Å². The Hall–Kier alpha value is -0.770. The van der Waals surface area contributed by atoms with Crippen molar-refractivity contribution in [2.45, 2.75) is 35.6 Å². The number of thiophene rings is 1. The van der Waals surface area contributed by atoms with Crippen molar-refractivity contribution in [2.75, 3.05) is 39.0 Å². The Labute approximate surface area is 159 Å². The molecule has 142 valence electrons. The lowest BCUT2D eigenvalue weighted by Crippen LogP contribution is -2.42. The van der Waals surface area contributed by atoms with Gasteiger partial charge >= 0.3 is 0 Å². The number of likely N-dealkylation sites (N-methyl/N-ethyl adjacent to an activating group) is 1. The molecule has 2 rings (SSSR count). The van der Waals surface area contributed by atoms with Gasteiger partial charge in [-0.2, -0.15) is 16.1 Å². The van der Waals surface area contributed by atoms with Gasteiger partial charge < -0.3 is 10.6 Å². The highest BCUT2D eigenvalue weighted by Crippen LogP contribution is 2.37. The summed E-state index contributed by atoms with van der Waals surface area (Å²) in [5.74, 6) is 1.96. The largest absolute Gasteiger partial charge is 0.357 e. The summed E-state index contributed by atoms with van der Waals surface area (Å²) < 4.78 is 26.8. The van der Waals surface area contributed by atoms with Gasteiger partial charge in [0.2, 0.25) is 0 Å². The van der Waals surface area contributed by atoms with Crippen LogP contribution in [-0.4, -0.2) is 62.4 Å². The highest BCUT2D eigenvalue weighted by atomic mass is 32.2. The van der Waals surface area contributed by atoms with E-state index in [1.807, 2.05) is 18.7 Å². The number of aliphatic imine (C=N–C) groups is 1. The van der Waals surface area contributed by atoms with Crippen molar-refractivity contribution in [2.24, 2.45) is 4.99 Å². The third-order valence-corrected chi connectivity index (χ3v) is 8.85. The van der Waals surface area contributed by atoms with Crippen molar-refractivity contribution in [3.05, 3.63) is 17.5 Å². The fourth-order valence-corrected chi connectivity index (χ4v) is 6.16. The second-order valence-corrected chi connectivity index (χ2v) is 11.2. The molecule has 0 spiro atoms. The predicted octanol–water partition coefficient (Wildman–Crippen LogP) is 2.21. The highest BCUT2D eigenvalue weighted by Gasteiger charge is 2.29. The predicted molar refractivity (Wildman–Crippen MR) is 108 cm³/mol. The summed E-state index contributed by atoms with van der Waals surface area (Å²) in [5.41, 5.74) is 0.